The minimum Gasteiger partial charge on any atom is -0.493 e. The highest BCUT2D eigenvalue weighted by molar-refractivity contribution is 7.89. The number of anilines is 2. The first-order valence-corrected chi connectivity index (χ1v) is 11.8. The highest BCUT2D eigenvalue weighted by Gasteiger charge is 2.13. The normalized spacial score (nSPS) is 12.0. The monoisotopic (exact) mass is 456 g/mol. The summed E-state index contributed by atoms with van der Waals surface area (Å²) < 4.78 is 40.0. The molecule has 0 radical (unpaired) electrons. The van der Waals surface area contributed by atoms with Crippen LogP contribution in [0.25, 0.3) is 11.3 Å². The van der Waals surface area contributed by atoms with Crippen LogP contribution >= 0.6 is 0 Å². The molecule has 1 aromatic heterocycles. The second-order valence-corrected chi connectivity index (χ2v) is 9.33. The molecule has 2 aromatic carbocycles. The highest BCUT2D eigenvalue weighted by Crippen LogP contribution is 2.32. The minimum atomic E-state index is -3.66. The predicted octanol–water partition coefficient (Wildman–Crippen LogP) is 3.63. The molecule has 9 heteroatoms. The van der Waals surface area contributed by atoms with Crippen LogP contribution in [0.1, 0.15) is 16.7 Å². The molecule has 0 atom stereocenters. The molecule has 1 N–H and O–H groups in total. The largest absolute Gasteiger partial charge is 0.493 e. The van der Waals surface area contributed by atoms with E-state index < -0.39 is 10.0 Å². The average molecular weight is 457 g/mol. The Morgan fingerprint density at radius 2 is 1.59 bits per heavy atom. The van der Waals surface area contributed by atoms with Crippen molar-refractivity contribution >= 4 is 21.5 Å². The van der Waals surface area contributed by atoms with Gasteiger partial charge in [-0.15, -0.1) is 4.40 Å². The number of aryl methyl sites for hydroxylation is 3. The molecule has 170 valence electrons. The van der Waals surface area contributed by atoms with Crippen LogP contribution in [0.15, 0.2) is 40.8 Å². The lowest BCUT2D eigenvalue weighted by Crippen LogP contribution is -2.26. The molecule has 0 amide bonds. The van der Waals surface area contributed by atoms with Crippen LogP contribution < -0.4 is 20.4 Å². The number of aromatic nitrogens is 2. The van der Waals surface area contributed by atoms with Crippen LogP contribution in [-0.2, 0) is 17.1 Å². The van der Waals surface area contributed by atoms with Gasteiger partial charge < -0.3 is 14.8 Å². The van der Waals surface area contributed by atoms with Crippen molar-refractivity contribution in [2.45, 2.75) is 20.8 Å². The lowest BCUT2D eigenvalue weighted by Gasteiger charge is -2.18. The number of benzene rings is 2. The van der Waals surface area contributed by atoms with Gasteiger partial charge in [0.25, 0.3) is 10.0 Å². The van der Waals surface area contributed by atoms with Gasteiger partial charge in [-0.05, 0) is 50.1 Å². The Bertz CT molecular complexity index is 1320. The Morgan fingerprint density at radius 1 is 0.969 bits per heavy atom. The molecule has 0 fully saturated rings. The first-order chi connectivity index (χ1) is 15.0. The molecule has 0 bridgehead atoms. The SMILES string of the molecule is COc1ccc(-c2cc(Nc3c(C)cc(C)cc3C)n(C)c(=NS(C)(=O)=O)n2)cc1OC. The van der Waals surface area contributed by atoms with Crippen molar-refractivity contribution in [1.29, 1.82) is 0 Å². The Morgan fingerprint density at radius 3 is 2.16 bits per heavy atom. The third kappa shape index (κ3) is 5.11. The maximum Gasteiger partial charge on any atom is 0.253 e. The van der Waals surface area contributed by atoms with Crippen molar-refractivity contribution in [2.24, 2.45) is 11.4 Å². The molecule has 0 aliphatic rings. The van der Waals surface area contributed by atoms with Gasteiger partial charge in [-0.3, -0.25) is 4.57 Å². The molecule has 0 spiro atoms. The maximum atomic E-state index is 11.9. The summed E-state index contributed by atoms with van der Waals surface area (Å²) in [7, 11) is 1.18. The van der Waals surface area contributed by atoms with Crippen molar-refractivity contribution in [1.82, 2.24) is 9.55 Å². The van der Waals surface area contributed by atoms with Gasteiger partial charge in [-0.1, -0.05) is 17.7 Å². The third-order valence-electron chi connectivity index (χ3n) is 5.01. The summed E-state index contributed by atoms with van der Waals surface area (Å²) in [5.41, 5.74) is 5.60. The van der Waals surface area contributed by atoms with Crippen molar-refractivity contribution in [3.05, 3.63) is 58.7 Å². The van der Waals surface area contributed by atoms with Crippen LogP contribution in [0.4, 0.5) is 11.5 Å². The topological polar surface area (TPSA) is 94.8 Å². The smallest absolute Gasteiger partial charge is 0.253 e. The average Bonchev–Trinajstić information content (AvgIpc) is 2.71. The maximum absolute atomic E-state index is 11.9. The lowest BCUT2D eigenvalue weighted by molar-refractivity contribution is 0.355. The first kappa shape index (κ1) is 23.3. The molecule has 32 heavy (non-hydrogen) atoms. The van der Waals surface area contributed by atoms with E-state index in [0.29, 0.717) is 23.0 Å². The van der Waals surface area contributed by atoms with E-state index in [4.69, 9.17) is 9.47 Å². The Hall–Kier alpha value is -3.33. The molecule has 1 heterocycles. The Kier molecular flexibility index (Phi) is 6.59. The number of hydrogen-bond acceptors (Lipinski definition) is 6. The number of nitrogens with one attached hydrogen (secondary N) is 1. The van der Waals surface area contributed by atoms with Crippen LogP contribution in [0.5, 0.6) is 11.5 Å². The van der Waals surface area contributed by atoms with Gasteiger partial charge in [0, 0.05) is 24.4 Å². The number of ether oxygens (including phenoxy) is 2. The van der Waals surface area contributed by atoms with Crippen molar-refractivity contribution in [3.8, 4) is 22.8 Å². The summed E-state index contributed by atoms with van der Waals surface area (Å²) in [5.74, 6) is 1.77. The van der Waals surface area contributed by atoms with Crippen LogP contribution in [0, 0.1) is 20.8 Å². The van der Waals surface area contributed by atoms with E-state index in [0.717, 1.165) is 28.6 Å². The molecule has 0 unspecified atom stereocenters. The minimum absolute atomic E-state index is 0.0599. The Balaban J connectivity index is 2.25. The summed E-state index contributed by atoms with van der Waals surface area (Å²) >= 11 is 0. The number of nitrogens with zero attached hydrogens (tertiary/aromatic N) is 3. The van der Waals surface area contributed by atoms with E-state index in [1.165, 1.54) is 5.56 Å². The molecule has 0 aliphatic carbocycles. The van der Waals surface area contributed by atoms with Gasteiger partial charge >= 0.3 is 0 Å². The lowest BCUT2D eigenvalue weighted by atomic mass is 10.0. The van der Waals surface area contributed by atoms with Crippen molar-refractivity contribution in [2.75, 3.05) is 25.8 Å². The number of rotatable bonds is 6. The molecule has 3 aromatic rings. The molecule has 0 saturated heterocycles. The molecule has 8 nitrogen and oxygen atoms in total. The van der Waals surface area contributed by atoms with Gasteiger partial charge in [0.05, 0.1) is 26.2 Å². The summed E-state index contributed by atoms with van der Waals surface area (Å²) in [4.78, 5) is 4.50. The van der Waals surface area contributed by atoms with Crippen molar-refractivity contribution in [3.63, 3.8) is 0 Å². The Labute approximate surface area is 188 Å². The molecule has 0 saturated carbocycles. The summed E-state index contributed by atoms with van der Waals surface area (Å²) in [5, 5.41) is 3.44. The predicted molar refractivity (Wildman–Crippen MR) is 126 cm³/mol. The summed E-state index contributed by atoms with van der Waals surface area (Å²) in [6.45, 7) is 6.11. The standard InChI is InChI=1S/C23H28N4O4S/c1-14-10-15(2)22(16(3)11-14)25-21-13-18(24-23(27(21)4)26-32(7,28)29)17-8-9-19(30-5)20(12-17)31-6/h8-13,25H,1-7H3. The highest BCUT2D eigenvalue weighted by atomic mass is 32.2. The van der Waals surface area contributed by atoms with E-state index in [-0.39, 0.29) is 5.62 Å². The second kappa shape index (κ2) is 9.04. The summed E-state index contributed by atoms with van der Waals surface area (Å²) in [6, 6.07) is 11.4. The van der Waals surface area contributed by atoms with E-state index >= 15 is 0 Å². The van der Waals surface area contributed by atoms with Crippen LogP contribution in [-0.4, -0.2) is 38.4 Å². The fourth-order valence-corrected chi connectivity index (χ4v) is 4.01. The fraction of sp³-hybridized carbons (Fsp3) is 0.304. The fourth-order valence-electron chi connectivity index (χ4n) is 3.55. The van der Waals surface area contributed by atoms with Crippen LogP contribution in [0.2, 0.25) is 0 Å². The number of sulfonamides is 1. The molecular weight excluding hydrogens is 428 g/mol. The third-order valence-corrected chi connectivity index (χ3v) is 5.51. The molecule has 0 aliphatic heterocycles. The van der Waals surface area contributed by atoms with Gasteiger partial charge in [0.2, 0.25) is 5.62 Å². The number of methoxy groups -OCH3 is 2. The zero-order valence-electron chi connectivity index (χ0n) is 19.3. The van der Waals surface area contributed by atoms with E-state index in [1.54, 1.807) is 38.0 Å². The van der Waals surface area contributed by atoms with E-state index in [1.807, 2.05) is 26.0 Å². The zero-order valence-corrected chi connectivity index (χ0v) is 20.2. The van der Waals surface area contributed by atoms with E-state index in [9.17, 15) is 8.42 Å². The molecular formula is C23H28N4O4S. The molecule has 3 rings (SSSR count). The quantitative estimate of drug-likeness (QED) is 0.609. The van der Waals surface area contributed by atoms with Crippen LogP contribution in [0.3, 0.4) is 0 Å². The number of hydrogen-bond donors (Lipinski definition) is 1. The van der Waals surface area contributed by atoms with Gasteiger partial charge in [0.15, 0.2) is 11.5 Å². The van der Waals surface area contributed by atoms with E-state index in [2.05, 4.69) is 33.8 Å². The second-order valence-electron chi connectivity index (χ2n) is 7.68. The van der Waals surface area contributed by atoms with Gasteiger partial charge in [-0.2, -0.15) is 0 Å². The van der Waals surface area contributed by atoms with Gasteiger partial charge in [0.1, 0.15) is 5.82 Å². The van der Waals surface area contributed by atoms with Gasteiger partial charge in [-0.25, -0.2) is 13.4 Å². The summed E-state index contributed by atoms with van der Waals surface area (Å²) in [6.07, 6.45) is 1.04. The van der Waals surface area contributed by atoms with Crippen molar-refractivity contribution < 1.29 is 17.9 Å². The zero-order chi connectivity index (χ0) is 23.6. The first-order valence-electron chi connectivity index (χ1n) is 9.93.